The van der Waals surface area contributed by atoms with E-state index in [9.17, 15) is 14.7 Å². The molecule has 0 radical (unpaired) electrons. The molecule has 8 heteroatoms. The Morgan fingerprint density at radius 2 is 1.62 bits per heavy atom. The van der Waals surface area contributed by atoms with Gasteiger partial charge in [-0.15, -0.1) is 0 Å². The Hall–Kier alpha value is -2.78. The van der Waals surface area contributed by atoms with E-state index in [4.69, 9.17) is 9.47 Å². The lowest BCUT2D eigenvalue weighted by atomic mass is 9.89. The fourth-order valence-corrected chi connectivity index (χ4v) is 5.52. The molecule has 218 valence electrons. The number of hydrogen-bond acceptors (Lipinski definition) is 6. The molecular formula is C32H45N3O5. The molecule has 0 bridgehead atoms. The molecule has 3 N–H and O–H groups in total. The number of ether oxygens (including phenoxy) is 2. The van der Waals surface area contributed by atoms with Crippen molar-refractivity contribution in [3.05, 3.63) is 65.2 Å². The molecule has 2 amide bonds. The van der Waals surface area contributed by atoms with E-state index in [-0.39, 0.29) is 36.5 Å². The summed E-state index contributed by atoms with van der Waals surface area (Å²) in [5, 5.41) is 15.2. The third-order valence-corrected chi connectivity index (χ3v) is 7.93. The first-order valence-electron chi connectivity index (χ1n) is 14.8. The number of unbranched alkanes of at least 4 members (excludes halogenated alkanes) is 2. The molecule has 40 heavy (non-hydrogen) atoms. The van der Waals surface area contributed by atoms with Gasteiger partial charge >= 0.3 is 0 Å². The topological polar surface area (TPSA) is 100 Å². The third-order valence-electron chi connectivity index (χ3n) is 7.93. The number of anilines is 1. The van der Waals surface area contributed by atoms with Crippen LogP contribution in [0.4, 0.5) is 5.69 Å². The number of piperidine rings is 1. The normalized spacial score (nSPS) is 23.5. The van der Waals surface area contributed by atoms with Gasteiger partial charge in [-0.05, 0) is 62.0 Å². The maximum absolute atomic E-state index is 12.4. The SMILES string of the molecule is CC(=O)NCCCCCC(=O)Nc1ccc([C@@H]2O[C@H](CN3CCCCC3)[C@H](C)[C@H](c3ccc(CO)cc3)O2)cc1. The molecule has 0 saturated carbocycles. The predicted octanol–water partition coefficient (Wildman–Crippen LogP) is 5.09. The van der Waals surface area contributed by atoms with Crippen molar-refractivity contribution >= 4 is 17.5 Å². The van der Waals surface area contributed by atoms with Crippen molar-refractivity contribution in [2.45, 2.75) is 83.9 Å². The molecule has 2 heterocycles. The second-order valence-corrected chi connectivity index (χ2v) is 11.1. The number of rotatable bonds is 12. The molecule has 0 aliphatic carbocycles. The van der Waals surface area contributed by atoms with Gasteiger partial charge in [0, 0.05) is 43.6 Å². The van der Waals surface area contributed by atoms with E-state index >= 15 is 0 Å². The zero-order chi connectivity index (χ0) is 28.3. The number of nitrogens with one attached hydrogen (secondary N) is 2. The minimum Gasteiger partial charge on any atom is -0.392 e. The monoisotopic (exact) mass is 551 g/mol. The lowest BCUT2D eigenvalue weighted by molar-refractivity contribution is -0.276. The van der Waals surface area contributed by atoms with Gasteiger partial charge in [-0.3, -0.25) is 9.59 Å². The van der Waals surface area contributed by atoms with Crippen LogP contribution in [0.25, 0.3) is 0 Å². The molecule has 4 rings (SSSR count). The number of benzene rings is 2. The minimum absolute atomic E-state index is 0.0146. The van der Waals surface area contributed by atoms with Crippen molar-refractivity contribution in [3.8, 4) is 0 Å². The molecular weight excluding hydrogens is 506 g/mol. The highest BCUT2D eigenvalue weighted by atomic mass is 16.7. The van der Waals surface area contributed by atoms with Gasteiger partial charge in [-0.25, -0.2) is 0 Å². The molecule has 2 aromatic rings. The van der Waals surface area contributed by atoms with Gasteiger partial charge in [0.2, 0.25) is 11.8 Å². The minimum atomic E-state index is -0.512. The van der Waals surface area contributed by atoms with Crippen molar-refractivity contribution in [2.24, 2.45) is 5.92 Å². The van der Waals surface area contributed by atoms with Crippen LogP contribution in [0.1, 0.15) is 87.9 Å². The van der Waals surface area contributed by atoms with Crippen molar-refractivity contribution in [3.63, 3.8) is 0 Å². The standard InChI is InChI=1S/C32H45N3O5/c1-23-29(21-35-19-7-4-8-20-35)39-32(40-31(23)26-12-10-25(22-36)11-13-26)27-14-16-28(17-15-27)34-30(38)9-5-3-6-18-33-24(2)37/h10-17,23,29,31-32,36H,3-9,18-22H2,1-2H3,(H,33,37)(H,34,38)/t23-,29+,31+,32+/m0/s1. The van der Waals surface area contributed by atoms with E-state index < -0.39 is 6.29 Å². The maximum Gasteiger partial charge on any atom is 0.224 e. The molecule has 8 nitrogen and oxygen atoms in total. The summed E-state index contributed by atoms with van der Waals surface area (Å²) in [6.07, 6.45) is 6.13. The number of carbonyl (C=O) groups excluding carboxylic acids is 2. The Morgan fingerprint density at radius 3 is 2.30 bits per heavy atom. The second-order valence-electron chi connectivity index (χ2n) is 11.1. The summed E-state index contributed by atoms with van der Waals surface area (Å²) in [5.41, 5.74) is 3.63. The molecule has 2 aromatic carbocycles. The zero-order valence-electron chi connectivity index (χ0n) is 23.9. The van der Waals surface area contributed by atoms with Crippen LogP contribution >= 0.6 is 0 Å². The lowest BCUT2D eigenvalue weighted by Gasteiger charge is -2.43. The Morgan fingerprint density at radius 1 is 0.925 bits per heavy atom. The Labute approximate surface area is 238 Å². The first kappa shape index (κ1) is 30.2. The highest BCUT2D eigenvalue weighted by Crippen LogP contribution is 2.42. The predicted molar refractivity (Wildman–Crippen MR) is 155 cm³/mol. The van der Waals surface area contributed by atoms with E-state index in [0.717, 1.165) is 61.3 Å². The fraction of sp³-hybridized carbons (Fsp3) is 0.562. The summed E-state index contributed by atoms with van der Waals surface area (Å²) in [6.45, 7) is 7.48. The fourth-order valence-electron chi connectivity index (χ4n) is 5.52. The summed E-state index contributed by atoms with van der Waals surface area (Å²) in [4.78, 5) is 25.8. The molecule has 2 aliphatic rings. The highest BCUT2D eigenvalue weighted by molar-refractivity contribution is 5.90. The Kier molecular flexibility index (Phi) is 11.5. The van der Waals surface area contributed by atoms with Crippen LogP contribution in [0.3, 0.4) is 0 Å². The van der Waals surface area contributed by atoms with Crippen molar-refractivity contribution in [2.75, 3.05) is 31.5 Å². The molecule has 0 aromatic heterocycles. The van der Waals surface area contributed by atoms with E-state index in [1.807, 2.05) is 48.5 Å². The number of likely N-dealkylation sites (tertiary alicyclic amines) is 1. The van der Waals surface area contributed by atoms with Crippen molar-refractivity contribution in [1.29, 1.82) is 0 Å². The van der Waals surface area contributed by atoms with Gasteiger partial charge in [0.1, 0.15) is 0 Å². The van der Waals surface area contributed by atoms with Crippen molar-refractivity contribution in [1.82, 2.24) is 10.2 Å². The quantitative estimate of drug-likeness (QED) is 0.318. The van der Waals surface area contributed by atoms with E-state index in [0.29, 0.717) is 13.0 Å². The molecule has 0 unspecified atom stereocenters. The van der Waals surface area contributed by atoms with Gasteiger partial charge in [0.05, 0.1) is 18.8 Å². The smallest absolute Gasteiger partial charge is 0.224 e. The molecule has 4 atom stereocenters. The maximum atomic E-state index is 12.4. The van der Waals surface area contributed by atoms with Crippen LogP contribution < -0.4 is 10.6 Å². The van der Waals surface area contributed by atoms with Crippen LogP contribution in [0.15, 0.2) is 48.5 Å². The number of hydrogen-bond donors (Lipinski definition) is 3. The molecule has 2 fully saturated rings. The molecule has 2 aliphatic heterocycles. The van der Waals surface area contributed by atoms with Gasteiger partial charge in [-0.2, -0.15) is 0 Å². The van der Waals surface area contributed by atoms with E-state index in [1.54, 1.807) is 0 Å². The third kappa shape index (κ3) is 8.86. The lowest BCUT2D eigenvalue weighted by Crippen LogP contribution is -2.45. The van der Waals surface area contributed by atoms with Crippen LogP contribution in [0.5, 0.6) is 0 Å². The number of aliphatic hydroxyl groups excluding tert-OH is 1. The second kappa shape index (κ2) is 15.3. The molecule has 0 spiro atoms. The highest BCUT2D eigenvalue weighted by Gasteiger charge is 2.39. The van der Waals surface area contributed by atoms with Gasteiger partial charge < -0.3 is 30.1 Å². The Balaban J connectivity index is 1.38. The van der Waals surface area contributed by atoms with Crippen LogP contribution in [0, 0.1) is 5.92 Å². The summed E-state index contributed by atoms with van der Waals surface area (Å²) in [7, 11) is 0. The van der Waals surface area contributed by atoms with Crippen LogP contribution in [0.2, 0.25) is 0 Å². The van der Waals surface area contributed by atoms with Crippen LogP contribution in [-0.4, -0.2) is 54.1 Å². The summed E-state index contributed by atoms with van der Waals surface area (Å²) >= 11 is 0. The average molecular weight is 552 g/mol. The van der Waals surface area contributed by atoms with Gasteiger partial charge in [0.25, 0.3) is 0 Å². The van der Waals surface area contributed by atoms with E-state index in [1.165, 1.54) is 26.2 Å². The summed E-state index contributed by atoms with van der Waals surface area (Å²) in [6, 6.07) is 15.7. The Bertz CT molecular complexity index is 1070. The first-order chi connectivity index (χ1) is 19.4. The summed E-state index contributed by atoms with van der Waals surface area (Å²) in [5.74, 6) is 0.124. The van der Waals surface area contributed by atoms with Gasteiger partial charge in [0.15, 0.2) is 6.29 Å². The average Bonchev–Trinajstić information content (AvgIpc) is 2.97. The van der Waals surface area contributed by atoms with Crippen LogP contribution in [-0.2, 0) is 25.7 Å². The number of nitrogens with zero attached hydrogens (tertiary/aromatic N) is 1. The number of aliphatic hydroxyl groups is 1. The summed E-state index contributed by atoms with van der Waals surface area (Å²) < 4.78 is 13.2. The number of amides is 2. The largest absolute Gasteiger partial charge is 0.392 e. The van der Waals surface area contributed by atoms with E-state index in [2.05, 4.69) is 22.5 Å². The molecule has 2 saturated heterocycles. The first-order valence-corrected chi connectivity index (χ1v) is 14.8. The number of carbonyl (C=O) groups is 2. The van der Waals surface area contributed by atoms with Crippen molar-refractivity contribution < 1.29 is 24.2 Å². The zero-order valence-corrected chi connectivity index (χ0v) is 23.9. The van der Waals surface area contributed by atoms with Gasteiger partial charge in [-0.1, -0.05) is 56.2 Å².